The van der Waals surface area contributed by atoms with Gasteiger partial charge in [0, 0.05) is 22.0 Å². The quantitative estimate of drug-likeness (QED) is 0.372. The standard InChI is InChI=1S/C26H24ClN3OS2/c1-16-11-23-24(12-17(16)2)30-26(14-22(29-23)18-7-9-19(27)10-8-18)33-15-25(31)28-20-5-4-6-21(13-20)32-3/h4-13H,14-15H2,1-3H3,(H,28,31). The third kappa shape index (κ3) is 6.08. The van der Waals surface area contributed by atoms with E-state index < -0.39 is 0 Å². The zero-order valence-corrected chi connectivity index (χ0v) is 21.1. The van der Waals surface area contributed by atoms with Gasteiger partial charge in [0.25, 0.3) is 0 Å². The number of benzene rings is 3. The maximum absolute atomic E-state index is 12.6. The minimum absolute atomic E-state index is 0.0597. The molecule has 0 radical (unpaired) electrons. The molecule has 1 aliphatic rings. The van der Waals surface area contributed by atoms with Crippen LogP contribution in [0.2, 0.25) is 5.02 Å². The van der Waals surface area contributed by atoms with Gasteiger partial charge in [0.1, 0.15) is 0 Å². The van der Waals surface area contributed by atoms with E-state index in [0.29, 0.717) is 11.4 Å². The number of rotatable bonds is 5. The average Bonchev–Trinajstić information content (AvgIpc) is 2.97. The summed E-state index contributed by atoms with van der Waals surface area (Å²) in [6.07, 6.45) is 2.57. The second kappa shape index (κ2) is 10.6. The lowest BCUT2D eigenvalue weighted by Gasteiger charge is -2.09. The Morgan fingerprint density at radius 1 is 1.00 bits per heavy atom. The summed E-state index contributed by atoms with van der Waals surface area (Å²) in [6, 6.07) is 19.7. The first-order valence-electron chi connectivity index (χ1n) is 10.5. The van der Waals surface area contributed by atoms with Gasteiger partial charge >= 0.3 is 0 Å². The highest BCUT2D eigenvalue weighted by atomic mass is 35.5. The fourth-order valence-electron chi connectivity index (χ4n) is 3.41. The molecule has 3 aromatic carbocycles. The molecule has 0 bridgehead atoms. The van der Waals surface area contributed by atoms with Crippen molar-refractivity contribution in [1.82, 2.24) is 0 Å². The summed E-state index contributed by atoms with van der Waals surface area (Å²) in [4.78, 5) is 23.6. The average molecular weight is 494 g/mol. The number of hydrogen-bond donors (Lipinski definition) is 1. The minimum atomic E-state index is -0.0597. The van der Waals surface area contributed by atoms with Crippen molar-refractivity contribution in [3.05, 3.63) is 82.4 Å². The van der Waals surface area contributed by atoms with Gasteiger partial charge < -0.3 is 5.32 Å². The number of anilines is 1. The number of aliphatic imine (C=N–C) groups is 2. The third-order valence-corrected chi connectivity index (χ3v) is 7.26. The zero-order chi connectivity index (χ0) is 23.4. The van der Waals surface area contributed by atoms with E-state index in [2.05, 4.69) is 31.3 Å². The Balaban J connectivity index is 1.56. The molecule has 1 N–H and O–H groups in total. The van der Waals surface area contributed by atoms with E-state index in [1.54, 1.807) is 11.8 Å². The normalized spacial score (nSPS) is 13.0. The van der Waals surface area contributed by atoms with Crippen LogP contribution in [0.3, 0.4) is 0 Å². The van der Waals surface area contributed by atoms with E-state index in [1.807, 2.05) is 54.8 Å². The van der Waals surface area contributed by atoms with Gasteiger partial charge in [0.15, 0.2) is 0 Å². The molecule has 33 heavy (non-hydrogen) atoms. The van der Waals surface area contributed by atoms with Crippen LogP contribution in [-0.4, -0.2) is 28.7 Å². The van der Waals surface area contributed by atoms with Crippen LogP contribution < -0.4 is 5.32 Å². The lowest BCUT2D eigenvalue weighted by Crippen LogP contribution is -2.16. The molecular formula is C26H24ClN3OS2. The number of hydrogen-bond acceptors (Lipinski definition) is 5. The number of thioether (sulfide) groups is 2. The molecule has 1 aliphatic heterocycles. The first-order valence-corrected chi connectivity index (χ1v) is 13.1. The van der Waals surface area contributed by atoms with Crippen LogP contribution in [0.4, 0.5) is 17.1 Å². The van der Waals surface area contributed by atoms with Crippen LogP contribution in [0.1, 0.15) is 23.1 Å². The summed E-state index contributed by atoms with van der Waals surface area (Å²) in [5.41, 5.74) is 6.72. The number of nitrogens with zero attached hydrogens (tertiary/aromatic N) is 2. The van der Waals surface area contributed by atoms with E-state index in [-0.39, 0.29) is 11.7 Å². The fourth-order valence-corrected chi connectivity index (χ4v) is 4.76. The van der Waals surface area contributed by atoms with Crippen molar-refractivity contribution in [1.29, 1.82) is 0 Å². The van der Waals surface area contributed by atoms with Gasteiger partial charge in [-0.1, -0.05) is 29.8 Å². The molecule has 3 aromatic rings. The number of amides is 1. The van der Waals surface area contributed by atoms with E-state index in [0.717, 1.165) is 38.3 Å². The summed E-state index contributed by atoms with van der Waals surface area (Å²) >= 11 is 9.18. The molecule has 0 saturated heterocycles. The van der Waals surface area contributed by atoms with Crippen molar-refractivity contribution in [2.45, 2.75) is 25.2 Å². The number of fused-ring (bicyclic) bond motifs is 1. The maximum Gasteiger partial charge on any atom is 0.234 e. The number of carbonyl (C=O) groups excluding carboxylic acids is 1. The molecule has 0 saturated carbocycles. The van der Waals surface area contributed by atoms with Gasteiger partial charge in [-0.2, -0.15) is 0 Å². The Kier molecular flexibility index (Phi) is 7.58. The molecule has 0 atom stereocenters. The zero-order valence-electron chi connectivity index (χ0n) is 18.7. The Morgan fingerprint density at radius 2 is 1.70 bits per heavy atom. The first-order chi connectivity index (χ1) is 15.9. The summed E-state index contributed by atoms with van der Waals surface area (Å²) in [5, 5.41) is 4.53. The predicted octanol–water partition coefficient (Wildman–Crippen LogP) is 7.61. The summed E-state index contributed by atoms with van der Waals surface area (Å²) in [6.45, 7) is 4.15. The SMILES string of the molecule is CSc1cccc(NC(=O)CSC2=Nc3cc(C)c(C)cc3N=C(c3ccc(Cl)cc3)C2)c1. The van der Waals surface area contributed by atoms with E-state index in [4.69, 9.17) is 21.6 Å². The van der Waals surface area contributed by atoms with Gasteiger partial charge in [-0.05, 0) is 79.3 Å². The maximum atomic E-state index is 12.6. The summed E-state index contributed by atoms with van der Waals surface area (Å²) < 4.78 is 0. The molecule has 0 unspecified atom stereocenters. The lowest BCUT2D eigenvalue weighted by atomic mass is 10.1. The molecular weight excluding hydrogens is 470 g/mol. The van der Waals surface area contributed by atoms with Crippen molar-refractivity contribution in [2.75, 3.05) is 17.3 Å². The molecule has 168 valence electrons. The monoisotopic (exact) mass is 493 g/mol. The van der Waals surface area contributed by atoms with Crippen LogP contribution in [0.5, 0.6) is 0 Å². The Hall–Kier alpha value is -2.54. The molecule has 7 heteroatoms. The van der Waals surface area contributed by atoms with Gasteiger partial charge in [0.2, 0.25) is 5.91 Å². The van der Waals surface area contributed by atoms with Crippen LogP contribution in [-0.2, 0) is 4.79 Å². The van der Waals surface area contributed by atoms with Crippen molar-refractivity contribution < 1.29 is 4.79 Å². The Morgan fingerprint density at radius 3 is 2.39 bits per heavy atom. The molecule has 0 aromatic heterocycles. The fraction of sp³-hybridized carbons (Fsp3) is 0.192. The van der Waals surface area contributed by atoms with E-state index in [9.17, 15) is 4.79 Å². The summed E-state index contributed by atoms with van der Waals surface area (Å²) in [7, 11) is 0. The van der Waals surface area contributed by atoms with E-state index in [1.165, 1.54) is 22.9 Å². The third-order valence-electron chi connectivity index (χ3n) is 5.31. The second-order valence-corrected chi connectivity index (χ2v) is 10.1. The lowest BCUT2D eigenvalue weighted by molar-refractivity contribution is -0.113. The largest absolute Gasteiger partial charge is 0.325 e. The minimum Gasteiger partial charge on any atom is -0.325 e. The van der Waals surface area contributed by atoms with Gasteiger partial charge in [-0.25, -0.2) is 4.99 Å². The van der Waals surface area contributed by atoms with E-state index >= 15 is 0 Å². The van der Waals surface area contributed by atoms with Crippen molar-refractivity contribution in [3.63, 3.8) is 0 Å². The van der Waals surface area contributed by atoms with Crippen LogP contribution in [0.15, 0.2) is 75.5 Å². The molecule has 1 amide bonds. The Bertz CT molecular complexity index is 1250. The van der Waals surface area contributed by atoms with Gasteiger partial charge in [-0.3, -0.25) is 9.79 Å². The van der Waals surface area contributed by atoms with Crippen LogP contribution in [0.25, 0.3) is 0 Å². The smallest absolute Gasteiger partial charge is 0.234 e. The molecule has 0 aliphatic carbocycles. The molecule has 4 nitrogen and oxygen atoms in total. The first kappa shape index (κ1) is 23.6. The molecule has 0 spiro atoms. The highest BCUT2D eigenvalue weighted by molar-refractivity contribution is 8.14. The van der Waals surface area contributed by atoms with Crippen molar-refractivity contribution >= 4 is 68.8 Å². The second-order valence-electron chi connectivity index (χ2n) is 7.74. The highest BCUT2D eigenvalue weighted by Crippen LogP contribution is 2.36. The molecule has 1 heterocycles. The Labute approximate surface area is 208 Å². The molecule has 4 rings (SSSR count). The van der Waals surface area contributed by atoms with Crippen molar-refractivity contribution in [2.24, 2.45) is 9.98 Å². The number of halogens is 1. The topological polar surface area (TPSA) is 53.8 Å². The van der Waals surface area contributed by atoms with Gasteiger partial charge in [0.05, 0.1) is 27.9 Å². The van der Waals surface area contributed by atoms with Crippen LogP contribution >= 0.6 is 35.1 Å². The number of nitrogens with one attached hydrogen (secondary N) is 1. The van der Waals surface area contributed by atoms with Gasteiger partial charge in [-0.15, -0.1) is 23.5 Å². The number of carbonyl (C=O) groups is 1. The van der Waals surface area contributed by atoms with Crippen molar-refractivity contribution in [3.8, 4) is 0 Å². The predicted molar refractivity (Wildman–Crippen MR) is 145 cm³/mol. The molecule has 0 fully saturated rings. The van der Waals surface area contributed by atoms with Crippen LogP contribution in [0, 0.1) is 13.8 Å². The summed E-state index contributed by atoms with van der Waals surface area (Å²) in [5.74, 6) is 0.214. The highest BCUT2D eigenvalue weighted by Gasteiger charge is 2.18. The number of aryl methyl sites for hydroxylation is 2.